The van der Waals surface area contributed by atoms with Gasteiger partial charge in [0.25, 0.3) is 8.32 Å². The molecule has 1 aliphatic heterocycles. The van der Waals surface area contributed by atoms with Crippen molar-refractivity contribution < 1.29 is 32.6 Å². The second-order valence-corrected chi connectivity index (χ2v) is 16.2. The number of esters is 1. The minimum absolute atomic E-state index is 0.0339. The number of rotatable bonds is 9. The predicted molar refractivity (Wildman–Crippen MR) is 171 cm³/mol. The van der Waals surface area contributed by atoms with Crippen LogP contribution < -0.4 is 15.7 Å². The fraction of sp³-hybridized carbons (Fsp3) is 0.364. The van der Waals surface area contributed by atoms with Crippen LogP contribution in [0.1, 0.15) is 47.3 Å². The van der Waals surface area contributed by atoms with Gasteiger partial charge in [0.15, 0.2) is 22.6 Å². The van der Waals surface area contributed by atoms with Gasteiger partial charge in [0.2, 0.25) is 0 Å². The van der Waals surface area contributed by atoms with Crippen LogP contribution in [0.4, 0.5) is 15.0 Å². The zero-order valence-electron chi connectivity index (χ0n) is 26.3. The Morgan fingerprint density at radius 2 is 1.76 bits per heavy atom. The average Bonchev–Trinajstić information content (AvgIpc) is 3.59. The van der Waals surface area contributed by atoms with Gasteiger partial charge in [0.1, 0.15) is 12.3 Å². The first-order chi connectivity index (χ1) is 21.9. The lowest BCUT2D eigenvalue weighted by molar-refractivity contribution is -0.155. The number of carbonyl (C=O) groups is 2. The molecule has 2 aromatic heterocycles. The van der Waals surface area contributed by atoms with Crippen molar-refractivity contribution in [3.8, 4) is 12.3 Å². The molecular weight excluding hydrogens is 609 g/mol. The van der Waals surface area contributed by atoms with Gasteiger partial charge in [0, 0.05) is 13.3 Å². The van der Waals surface area contributed by atoms with Crippen molar-refractivity contribution in [3.63, 3.8) is 0 Å². The third-order valence-corrected chi connectivity index (χ3v) is 12.9. The van der Waals surface area contributed by atoms with E-state index in [1.54, 1.807) is 6.92 Å². The molecule has 1 fully saturated rings. The molecule has 1 aliphatic rings. The molecule has 3 heterocycles. The van der Waals surface area contributed by atoms with Crippen LogP contribution in [0.2, 0.25) is 5.04 Å². The van der Waals surface area contributed by atoms with Crippen LogP contribution in [0.15, 0.2) is 67.0 Å². The highest BCUT2D eigenvalue weighted by atomic mass is 28.4. The number of anilines is 1. The SMILES string of the molecule is C#C[C@]1(CO[Si](c2ccccc2)(c2ccccc2)C(C)(C)C)O[C@@H](n2cnc3c(NC(=O)OCC)nc(F)nc32)C[C@@H]1OC(C)=O. The number of amides is 1. The fourth-order valence-corrected chi connectivity index (χ4v) is 10.6. The van der Waals surface area contributed by atoms with E-state index in [2.05, 4.69) is 71.2 Å². The summed E-state index contributed by atoms with van der Waals surface area (Å²) in [6.45, 7) is 9.33. The second kappa shape index (κ2) is 13.0. The summed E-state index contributed by atoms with van der Waals surface area (Å²) in [5.74, 6) is 2.02. The second-order valence-electron chi connectivity index (χ2n) is 11.9. The van der Waals surface area contributed by atoms with Crippen molar-refractivity contribution >= 4 is 47.7 Å². The number of nitrogens with zero attached hydrogens (tertiary/aromatic N) is 4. The summed E-state index contributed by atoms with van der Waals surface area (Å²) in [6.07, 6.45) is 3.92. The summed E-state index contributed by atoms with van der Waals surface area (Å²) < 4.78 is 40.4. The van der Waals surface area contributed by atoms with Gasteiger partial charge in [-0.1, -0.05) is 87.4 Å². The van der Waals surface area contributed by atoms with Crippen LogP contribution in [0.3, 0.4) is 0 Å². The molecule has 5 rings (SSSR count). The van der Waals surface area contributed by atoms with Crippen LogP contribution in [0, 0.1) is 18.4 Å². The average molecular weight is 646 g/mol. The quantitative estimate of drug-likeness (QED) is 0.123. The predicted octanol–water partition coefficient (Wildman–Crippen LogP) is 4.33. The first kappa shape index (κ1) is 32.7. The summed E-state index contributed by atoms with van der Waals surface area (Å²) in [5, 5.41) is 4.10. The first-order valence-corrected chi connectivity index (χ1v) is 16.8. The van der Waals surface area contributed by atoms with Crippen LogP contribution in [0.25, 0.3) is 11.2 Å². The number of terminal acetylenes is 1. The summed E-state index contributed by atoms with van der Waals surface area (Å²) in [6, 6.07) is 20.1. The van der Waals surface area contributed by atoms with E-state index in [4.69, 9.17) is 25.1 Å². The molecule has 0 aliphatic carbocycles. The Kier molecular flexibility index (Phi) is 9.25. The van der Waals surface area contributed by atoms with E-state index in [1.807, 2.05) is 36.4 Å². The number of fused-ring (bicyclic) bond motifs is 1. The number of aromatic nitrogens is 4. The minimum atomic E-state index is -3.08. The van der Waals surface area contributed by atoms with E-state index in [9.17, 15) is 14.0 Å². The van der Waals surface area contributed by atoms with Crippen LogP contribution in [-0.2, 0) is 23.4 Å². The Morgan fingerprint density at radius 3 is 2.30 bits per heavy atom. The zero-order chi connectivity index (χ0) is 33.1. The summed E-state index contributed by atoms with van der Waals surface area (Å²) in [7, 11) is -3.08. The third-order valence-electron chi connectivity index (χ3n) is 7.95. The Bertz CT molecular complexity index is 1720. The lowest BCUT2D eigenvalue weighted by atomic mass is 9.98. The molecule has 46 heavy (non-hydrogen) atoms. The number of imidazole rings is 1. The maximum Gasteiger partial charge on any atom is 0.412 e. The lowest BCUT2D eigenvalue weighted by Gasteiger charge is -2.44. The molecule has 0 radical (unpaired) electrons. The molecule has 1 amide bonds. The van der Waals surface area contributed by atoms with E-state index >= 15 is 0 Å². The topological polar surface area (TPSA) is 127 Å². The van der Waals surface area contributed by atoms with Gasteiger partial charge < -0.3 is 18.6 Å². The molecule has 240 valence electrons. The number of hydrogen-bond acceptors (Lipinski definition) is 9. The zero-order valence-corrected chi connectivity index (χ0v) is 27.3. The van der Waals surface area contributed by atoms with E-state index in [-0.39, 0.29) is 41.7 Å². The van der Waals surface area contributed by atoms with Gasteiger partial charge in [-0.2, -0.15) is 14.4 Å². The van der Waals surface area contributed by atoms with Gasteiger partial charge >= 0.3 is 18.1 Å². The molecule has 0 saturated carbocycles. The van der Waals surface area contributed by atoms with Crippen molar-refractivity contribution in [3.05, 3.63) is 73.1 Å². The minimum Gasteiger partial charge on any atom is -0.458 e. The van der Waals surface area contributed by atoms with Crippen molar-refractivity contribution in [1.29, 1.82) is 0 Å². The van der Waals surface area contributed by atoms with Crippen molar-refractivity contribution in [2.75, 3.05) is 18.5 Å². The molecule has 3 atom stereocenters. The number of hydrogen-bond donors (Lipinski definition) is 1. The number of halogens is 1. The maximum atomic E-state index is 14.6. The largest absolute Gasteiger partial charge is 0.458 e. The third kappa shape index (κ3) is 6.11. The van der Waals surface area contributed by atoms with Gasteiger partial charge in [-0.25, -0.2) is 9.78 Å². The Hall–Kier alpha value is -4.64. The molecule has 1 N–H and O–H groups in total. The van der Waals surface area contributed by atoms with Gasteiger partial charge in [0.05, 0.1) is 19.5 Å². The fourth-order valence-electron chi connectivity index (χ4n) is 5.98. The Labute approximate surface area is 267 Å². The standard InChI is InChI=1S/C33H36FN5O6Si/c1-7-33(20-43-46(32(4,5)6,23-15-11-9-12-16-23)24-17-13-10-14-18-24)25(44-22(3)40)19-26(45-33)39-21-35-27-28(37-31(41)42-8-2)36-30(34)38-29(27)39/h1,9-18,21,25-26H,8,19-20H2,2-6H3,(H,36,37,38,41)/t25-,26+,33+/m0/s1. The Balaban J connectivity index is 1.56. The van der Waals surface area contributed by atoms with Crippen molar-refractivity contribution in [2.24, 2.45) is 0 Å². The molecule has 4 aromatic rings. The molecule has 0 unspecified atom stereocenters. The first-order valence-electron chi connectivity index (χ1n) is 14.9. The molecular formula is C33H36FN5O6Si. The normalized spacial score (nSPS) is 19.8. The highest BCUT2D eigenvalue weighted by Gasteiger charge is 2.56. The summed E-state index contributed by atoms with van der Waals surface area (Å²) >= 11 is 0. The molecule has 0 spiro atoms. The van der Waals surface area contributed by atoms with Gasteiger partial charge in [-0.3, -0.25) is 14.7 Å². The van der Waals surface area contributed by atoms with E-state index in [0.29, 0.717) is 0 Å². The molecule has 13 heteroatoms. The maximum absolute atomic E-state index is 14.6. The van der Waals surface area contributed by atoms with Crippen LogP contribution >= 0.6 is 0 Å². The van der Waals surface area contributed by atoms with Gasteiger partial charge in [-0.05, 0) is 22.3 Å². The van der Waals surface area contributed by atoms with Crippen LogP contribution in [0.5, 0.6) is 0 Å². The van der Waals surface area contributed by atoms with E-state index < -0.39 is 44.4 Å². The number of ether oxygens (including phenoxy) is 3. The number of nitrogens with one attached hydrogen (secondary N) is 1. The number of benzene rings is 2. The lowest BCUT2D eigenvalue weighted by Crippen LogP contribution is -2.68. The molecule has 1 saturated heterocycles. The van der Waals surface area contributed by atoms with E-state index in [0.717, 1.165) is 10.4 Å². The molecule has 11 nitrogen and oxygen atoms in total. The van der Waals surface area contributed by atoms with Crippen LogP contribution in [-0.4, -0.2) is 64.8 Å². The highest BCUT2D eigenvalue weighted by molar-refractivity contribution is 6.99. The molecule has 0 bridgehead atoms. The smallest absolute Gasteiger partial charge is 0.412 e. The number of carbonyl (C=O) groups excluding carboxylic acids is 2. The molecule has 2 aromatic carbocycles. The van der Waals surface area contributed by atoms with Crippen molar-refractivity contribution in [1.82, 2.24) is 19.5 Å². The Morgan fingerprint density at radius 1 is 1.13 bits per heavy atom. The monoisotopic (exact) mass is 645 g/mol. The van der Waals surface area contributed by atoms with Gasteiger partial charge in [-0.15, -0.1) is 6.42 Å². The summed E-state index contributed by atoms with van der Waals surface area (Å²) in [5.41, 5.74) is -1.40. The van der Waals surface area contributed by atoms with Crippen molar-refractivity contribution in [2.45, 2.75) is 64.0 Å². The summed E-state index contributed by atoms with van der Waals surface area (Å²) in [4.78, 5) is 36.3. The van der Waals surface area contributed by atoms with E-state index in [1.165, 1.54) is 17.8 Å². The highest BCUT2D eigenvalue weighted by Crippen LogP contribution is 2.43.